The maximum atomic E-state index is 13.2. The average Bonchev–Trinajstić information content (AvgIpc) is 3.23. The van der Waals surface area contributed by atoms with E-state index in [9.17, 15) is 14.4 Å². The van der Waals surface area contributed by atoms with E-state index in [-0.39, 0.29) is 24.8 Å². The van der Waals surface area contributed by atoms with Crippen molar-refractivity contribution in [1.29, 1.82) is 0 Å². The van der Waals surface area contributed by atoms with Crippen LogP contribution in [-0.4, -0.2) is 70.4 Å². The normalized spacial score (nSPS) is 19.9. The molecule has 0 spiro atoms. The van der Waals surface area contributed by atoms with Crippen LogP contribution < -0.4 is 0 Å². The van der Waals surface area contributed by atoms with E-state index in [0.29, 0.717) is 37.4 Å². The van der Waals surface area contributed by atoms with E-state index in [1.165, 1.54) is 17.8 Å². The van der Waals surface area contributed by atoms with Gasteiger partial charge < -0.3 is 19.4 Å². The number of carbonyl (C=O) groups excluding carboxylic acids is 3. The van der Waals surface area contributed by atoms with Gasteiger partial charge in [-0.1, -0.05) is 54.7 Å². The third-order valence-corrected chi connectivity index (χ3v) is 6.97. The van der Waals surface area contributed by atoms with E-state index in [1.807, 2.05) is 47.6 Å². The molecule has 0 bridgehead atoms. The first-order valence-corrected chi connectivity index (χ1v) is 12.1. The summed E-state index contributed by atoms with van der Waals surface area (Å²) in [5.41, 5.74) is 2.75. The largest absolute Gasteiger partial charge is 0.458 e. The summed E-state index contributed by atoms with van der Waals surface area (Å²) in [5.74, 6) is -0.429. The molecule has 0 saturated carbocycles. The molecule has 0 radical (unpaired) electrons. The lowest BCUT2D eigenvalue weighted by Gasteiger charge is -2.37. The first kappa shape index (κ1) is 23.8. The molecule has 178 valence electrons. The molecule has 4 rings (SSSR count). The number of ether oxygens (including phenoxy) is 1. The average molecular weight is 481 g/mol. The molecule has 1 unspecified atom stereocenters. The molecule has 3 heterocycles. The van der Waals surface area contributed by atoms with Gasteiger partial charge in [0.2, 0.25) is 11.8 Å². The number of aliphatic imine (C=N–C) groups is 1. The first-order valence-electron chi connectivity index (χ1n) is 11.2. The predicted octanol–water partition coefficient (Wildman–Crippen LogP) is 3.07. The number of thioether (sulfide) groups is 1. The van der Waals surface area contributed by atoms with Crippen molar-refractivity contribution in [3.8, 4) is 0 Å². The van der Waals surface area contributed by atoms with Crippen molar-refractivity contribution in [3.05, 3.63) is 70.9 Å². The molecule has 0 N–H and O–H groups in total. The van der Waals surface area contributed by atoms with Gasteiger partial charge in [0, 0.05) is 38.8 Å². The molecule has 0 aliphatic carbocycles. The Morgan fingerprint density at radius 3 is 2.47 bits per heavy atom. The summed E-state index contributed by atoms with van der Waals surface area (Å²) in [6, 6.07) is 9.25. The zero-order chi connectivity index (χ0) is 24.2. The topological polar surface area (TPSA) is 82.5 Å². The van der Waals surface area contributed by atoms with Crippen LogP contribution in [0.15, 0.2) is 70.4 Å². The van der Waals surface area contributed by atoms with Crippen LogP contribution in [-0.2, 0) is 19.1 Å². The van der Waals surface area contributed by atoms with E-state index in [2.05, 4.69) is 11.6 Å². The molecule has 1 fully saturated rings. The summed E-state index contributed by atoms with van der Waals surface area (Å²) < 4.78 is 5.40. The van der Waals surface area contributed by atoms with Crippen molar-refractivity contribution in [2.75, 3.05) is 32.8 Å². The van der Waals surface area contributed by atoms with E-state index in [1.54, 1.807) is 16.7 Å². The van der Waals surface area contributed by atoms with Crippen LogP contribution >= 0.6 is 11.8 Å². The van der Waals surface area contributed by atoms with Gasteiger partial charge in [-0.3, -0.25) is 9.59 Å². The number of rotatable bonds is 6. The number of piperazine rings is 1. The van der Waals surface area contributed by atoms with Gasteiger partial charge in [0.15, 0.2) is 5.17 Å². The highest BCUT2D eigenvalue weighted by atomic mass is 32.2. The highest BCUT2D eigenvalue weighted by Crippen LogP contribution is 2.44. The van der Waals surface area contributed by atoms with Gasteiger partial charge in [0.05, 0.1) is 23.7 Å². The zero-order valence-electron chi connectivity index (χ0n) is 19.4. The number of esters is 1. The van der Waals surface area contributed by atoms with Gasteiger partial charge in [0.25, 0.3) is 0 Å². The summed E-state index contributed by atoms with van der Waals surface area (Å²) in [6.07, 6.45) is 1.72. The van der Waals surface area contributed by atoms with Crippen LogP contribution in [0.3, 0.4) is 0 Å². The maximum Gasteiger partial charge on any atom is 0.338 e. The number of benzene rings is 1. The van der Waals surface area contributed by atoms with Crippen LogP contribution in [0.4, 0.5) is 0 Å². The summed E-state index contributed by atoms with van der Waals surface area (Å²) in [5, 5.41) is 2.67. The van der Waals surface area contributed by atoms with Crippen molar-refractivity contribution < 1.29 is 19.1 Å². The first-order chi connectivity index (χ1) is 16.4. The van der Waals surface area contributed by atoms with Crippen molar-refractivity contribution >= 4 is 34.7 Å². The number of allylic oxidation sites excluding steroid dienone is 1. The van der Waals surface area contributed by atoms with Crippen LogP contribution in [0.1, 0.15) is 31.9 Å². The molecule has 1 aromatic rings. The molecule has 1 atom stereocenters. The Morgan fingerprint density at radius 1 is 1.15 bits per heavy atom. The fourth-order valence-electron chi connectivity index (χ4n) is 4.33. The van der Waals surface area contributed by atoms with Gasteiger partial charge >= 0.3 is 5.97 Å². The molecular formula is C25H28N4O4S. The van der Waals surface area contributed by atoms with E-state index in [4.69, 9.17) is 4.74 Å². The molecule has 34 heavy (non-hydrogen) atoms. The summed E-state index contributed by atoms with van der Waals surface area (Å²) in [4.78, 5) is 48.0. The molecule has 1 aromatic carbocycles. The Bertz CT molecular complexity index is 1090. The number of carbonyl (C=O) groups is 3. The smallest absolute Gasteiger partial charge is 0.338 e. The fraction of sp³-hybridized carbons (Fsp3) is 0.360. The molecular weight excluding hydrogens is 452 g/mol. The molecule has 1 saturated heterocycles. The maximum absolute atomic E-state index is 13.2. The highest BCUT2D eigenvalue weighted by Gasteiger charge is 2.41. The zero-order valence-corrected chi connectivity index (χ0v) is 20.2. The van der Waals surface area contributed by atoms with E-state index in [0.717, 1.165) is 16.4 Å². The predicted molar refractivity (Wildman–Crippen MR) is 131 cm³/mol. The van der Waals surface area contributed by atoms with Gasteiger partial charge in [0.1, 0.15) is 6.61 Å². The van der Waals surface area contributed by atoms with Gasteiger partial charge in [-0.25, -0.2) is 9.79 Å². The van der Waals surface area contributed by atoms with Crippen LogP contribution in [0, 0.1) is 0 Å². The van der Waals surface area contributed by atoms with Gasteiger partial charge in [-0.05, 0) is 17.9 Å². The van der Waals surface area contributed by atoms with E-state index >= 15 is 0 Å². The lowest BCUT2D eigenvalue weighted by molar-refractivity contribution is -0.138. The Morgan fingerprint density at radius 2 is 1.82 bits per heavy atom. The van der Waals surface area contributed by atoms with E-state index < -0.39 is 12.0 Å². The standard InChI is InChI=1S/C25H28N4O4S/c1-4-14-33-24(32)22-17(2)26-25-29(23(22)19-8-6-5-7-9-19)20(16-34-25)15-21(31)28-12-10-27(11-13-28)18(3)30/h4-9,16,23H,1,10-15H2,2-3H3. The summed E-state index contributed by atoms with van der Waals surface area (Å²) >= 11 is 1.45. The number of amides is 2. The van der Waals surface area contributed by atoms with Crippen LogP contribution in [0.5, 0.6) is 0 Å². The Balaban J connectivity index is 1.59. The van der Waals surface area contributed by atoms with Crippen molar-refractivity contribution in [2.24, 2.45) is 4.99 Å². The number of hydrogen-bond acceptors (Lipinski definition) is 7. The molecule has 0 aromatic heterocycles. The second kappa shape index (κ2) is 10.3. The number of amidine groups is 1. The van der Waals surface area contributed by atoms with Crippen LogP contribution in [0.25, 0.3) is 0 Å². The second-order valence-electron chi connectivity index (χ2n) is 8.25. The molecule has 3 aliphatic heterocycles. The van der Waals surface area contributed by atoms with Crippen molar-refractivity contribution in [1.82, 2.24) is 14.7 Å². The number of nitrogens with zero attached hydrogens (tertiary/aromatic N) is 4. The molecule has 8 nitrogen and oxygen atoms in total. The SMILES string of the molecule is C=CCOC(=O)C1=C(C)N=C2SC=C(CC(=O)N3CCN(C(C)=O)CC3)N2C1c1ccccc1. The molecule has 3 aliphatic rings. The third kappa shape index (κ3) is 4.79. The quantitative estimate of drug-likeness (QED) is 0.460. The minimum absolute atomic E-state index is 0.00910. The van der Waals surface area contributed by atoms with Crippen LogP contribution in [0.2, 0.25) is 0 Å². The summed E-state index contributed by atoms with van der Waals surface area (Å²) in [7, 11) is 0. The monoisotopic (exact) mass is 480 g/mol. The minimum Gasteiger partial charge on any atom is -0.458 e. The molecule has 9 heteroatoms. The number of fused-ring (bicyclic) bond motifs is 1. The van der Waals surface area contributed by atoms with Crippen molar-refractivity contribution in [2.45, 2.75) is 26.3 Å². The second-order valence-corrected chi connectivity index (χ2v) is 9.09. The Labute approximate surface area is 203 Å². The third-order valence-electron chi connectivity index (χ3n) is 6.08. The lowest BCUT2D eigenvalue weighted by Crippen LogP contribution is -2.50. The van der Waals surface area contributed by atoms with Gasteiger partial charge in [-0.15, -0.1) is 0 Å². The Kier molecular flexibility index (Phi) is 7.21. The highest BCUT2D eigenvalue weighted by molar-refractivity contribution is 8.16. The lowest BCUT2D eigenvalue weighted by atomic mass is 9.94. The minimum atomic E-state index is -0.449. The van der Waals surface area contributed by atoms with Gasteiger partial charge in [-0.2, -0.15) is 0 Å². The number of hydrogen-bond donors (Lipinski definition) is 0. The van der Waals surface area contributed by atoms with Crippen molar-refractivity contribution in [3.63, 3.8) is 0 Å². The fourth-order valence-corrected chi connectivity index (χ4v) is 5.30. The molecule has 2 amide bonds. The Hall–Kier alpha value is -3.33. The summed E-state index contributed by atoms with van der Waals surface area (Å²) in [6.45, 7) is 9.20.